The smallest absolute Gasteiger partial charge is 0.243 e. The lowest BCUT2D eigenvalue weighted by molar-refractivity contribution is 0.259. The van der Waals surface area contributed by atoms with E-state index in [1.807, 2.05) is 0 Å². The third-order valence-corrected chi connectivity index (χ3v) is 2.94. The molecule has 0 saturated carbocycles. The Bertz CT molecular complexity index is 321. The molecular formula is C11H19N3O. The van der Waals surface area contributed by atoms with Crippen molar-refractivity contribution < 1.29 is 4.52 Å². The maximum Gasteiger partial charge on any atom is 0.243 e. The second kappa shape index (κ2) is 4.31. The van der Waals surface area contributed by atoms with Crippen LogP contribution in [-0.2, 0) is 0 Å². The molecule has 0 spiro atoms. The number of nitrogens with one attached hydrogen (secondary N) is 1. The van der Waals surface area contributed by atoms with Crippen LogP contribution < -0.4 is 5.32 Å². The summed E-state index contributed by atoms with van der Waals surface area (Å²) in [6, 6.07) is 0.258. The second-order valence-electron chi connectivity index (χ2n) is 4.78. The Morgan fingerprint density at radius 2 is 2.27 bits per heavy atom. The van der Waals surface area contributed by atoms with Crippen molar-refractivity contribution in [2.45, 2.75) is 45.6 Å². The van der Waals surface area contributed by atoms with E-state index >= 15 is 0 Å². The van der Waals surface area contributed by atoms with Crippen molar-refractivity contribution in [1.82, 2.24) is 15.5 Å². The van der Waals surface area contributed by atoms with Crippen LogP contribution in [0.25, 0.3) is 0 Å². The minimum Gasteiger partial charge on any atom is -0.338 e. The van der Waals surface area contributed by atoms with Gasteiger partial charge in [0.15, 0.2) is 5.82 Å². The molecule has 0 amide bonds. The lowest BCUT2D eigenvalue weighted by Gasteiger charge is -2.25. The van der Waals surface area contributed by atoms with E-state index in [0.717, 1.165) is 30.6 Å². The van der Waals surface area contributed by atoms with E-state index in [4.69, 9.17) is 4.52 Å². The highest BCUT2D eigenvalue weighted by Gasteiger charge is 2.24. The van der Waals surface area contributed by atoms with Gasteiger partial charge in [-0.3, -0.25) is 0 Å². The molecule has 4 heteroatoms. The Kier molecular flexibility index (Phi) is 3.05. The molecule has 2 unspecified atom stereocenters. The Hall–Kier alpha value is -0.900. The van der Waals surface area contributed by atoms with Gasteiger partial charge in [0.1, 0.15) is 0 Å². The van der Waals surface area contributed by atoms with Gasteiger partial charge in [-0.15, -0.1) is 0 Å². The fraction of sp³-hybridized carbons (Fsp3) is 0.818. The summed E-state index contributed by atoms with van der Waals surface area (Å²) in [7, 11) is 0. The Morgan fingerprint density at radius 3 is 2.87 bits per heavy atom. The molecule has 1 aliphatic heterocycles. The molecule has 15 heavy (non-hydrogen) atoms. The minimum atomic E-state index is 0.258. The highest BCUT2D eigenvalue weighted by atomic mass is 16.5. The number of rotatable bonds is 2. The van der Waals surface area contributed by atoms with Crippen molar-refractivity contribution in [3.63, 3.8) is 0 Å². The predicted molar refractivity (Wildman–Crippen MR) is 57.5 cm³/mol. The molecule has 0 radical (unpaired) electrons. The lowest BCUT2D eigenvalue weighted by Crippen LogP contribution is -2.30. The fourth-order valence-electron chi connectivity index (χ4n) is 1.92. The fourth-order valence-corrected chi connectivity index (χ4v) is 1.92. The summed E-state index contributed by atoms with van der Waals surface area (Å²) in [6.45, 7) is 7.47. The van der Waals surface area contributed by atoms with Gasteiger partial charge in [-0.25, -0.2) is 0 Å². The van der Waals surface area contributed by atoms with E-state index in [1.165, 1.54) is 6.42 Å². The maximum absolute atomic E-state index is 5.29. The van der Waals surface area contributed by atoms with Crippen LogP contribution >= 0.6 is 0 Å². The van der Waals surface area contributed by atoms with Crippen LogP contribution in [-0.4, -0.2) is 16.7 Å². The van der Waals surface area contributed by atoms with Crippen LogP contribution in [0.1, 0.15) is 57.3 Å². The van der Waals surface area contributed by atoms with Crippen LogP contribution in [0.4, 0.5) is 0 Å². The molecule has 84 valence electrons. The number of nitrogens with zero attached hydrogens (tertiary/aromatic N) is 2. The third kappa shape index (κ3) is 2.37. The van der Waals surface area contributed by atoms with Crippen LogP contribution in [0.2, 0.25) is 0 Å². The molecule has 0 bridgehead atoms. The van der Waals surface area contributed by atoms with Crippen molar-refractivity contribution in [3.05, 3.63) is 11.7 Å². The van der Waals surface area contributed by atoms with E-state index in [2.05, 4.69) is 36.2 Å². The van der Waals surface area contributed by atoms with Gasteiger partial charge in [-0.05, 0) is 25.3 Å². The van der Waals surface area contributed by atoms with Gasteiger partial charge < -0.3 is 9.84 Å². The lowest BCUT2D eigenvalue weighted by atomic mass is 9.94. The maximum atomic E-state index is 5.29. The van der Waals surface area contributed by atoms with E-state index in [1.54, 1.807) is 0 Å². The Labute approximate surface area is 90.4 Å². The van der Waals surface area contributed by atoms with E-state index in [-0.39, 0.29) is 6.04 Å². The number of aromatic nitrogens is 2. The van der Waals surface area contributed by atoms with Gasteiger partial charge in [0.2, 0.25) is 5.89 Å². The molecule has 0 aliphatic carbocycles. The highest BCUT2D eigenvalue weighted by molar-refractivity contribution is 4.97. The highest BCUT2D eigenvalue weighted by Crippen LogP contribution is 2.26. The molecule has 1 saturated heterocycles. The predicted octanol–water partition coefficient (Wildman–Crippen LogP) is 2.25. The molecule has 0 aromatic carbocycles. The van der Waals surface area contributed by atoms with Crippen LogP contribution in [0.3, 0.4) is 0 Å². The molecular weight excluding hydrogens is 190 g/mol. The molecule has 1 aromatic heterocycles. The van der Waals surface area contributed by atoms with Crippen molar-refractivity contribution in [3.8, 4) is 0 Å². The molecule has 1 N–H and O–H groups in total. The molecule has 2 heterocycles. The number of hydrogen-bond donors (Lipinski definition) is 1. The first-order valence-corrected chi connectivity index (χ1v) is 5.73. The minimum absolute atomic E-state index is 0.258. The van der Waals surface area contributed by atoms with Crippen LogP contribution in [0, 0.1) is 5.92 Å². The monoisotopic (exact) mass is 209 g/mol. The van der Waals surface area contributed by atoms with Gasteiger partial charge >= 0.3 is 0 Å². The topological polar surface area (TPSA) is 51.0 Å². The summed E-state index contributed by atoms with van der Waals surface area (Å²) in [5.41, 5.74) is 0. The van der Waals surface area contributed by atoms with Gasteiger partial charge in [-0.1, -0.05) is 25.9 Å². The number of hydrogen-bond acceptors (Lipinski definition) is 4. The zero-order chi connectivity index (χ0) is 10.8. The van der Waals surface area contributed by atoms with Crippen molar-refractivity contribution in [1.29, 1.82) is 0 Å². The summed E-state index contributed by atoms with van der Waals surface area (Å²) in [5.74, 6) is 2.64. The van der Waals surface area contributed by atoms with E-state index < -0.39 is 0 Å². The van der Waals surface area contributed by atoms with Crippen molar-refractivity contribution >= 4 is 0 Å². The Balaban J connectivity index is 2.08. The van der Waals surface area contributed by atoms with Gasteiger partial charge in [0.05, 0.1) is 6.04 Å². The van der Waals surface area contributed by atoms with Crippen molar-refractivity contribution in [2.24, 2.45) is 5.92 Å². The van der Waals surface area contributed by atoms with Crippen LogP contribution in [0.15, 0.2) is 4.52 Å². The second-order valence-corrected chi connectivity index (χ2v) is 4.78. The van der Waals surface area contributed by atoms with E-state index in [0.29, 0.717) is 5.92 Å². The first-order valence-electron chi connectivity index (χ1n) is 5.73. The van der Waals surface area contributed by atoms with Gasteiger partial charge in [0, 0.05) is 5.92 Å². The average molecular weight is 209 g/mol. The zero-order valence-corrected chi connectivity index (χ0v) is 9.66. The SMILES string of the molecule is CC1CCNC(c2nc(C(C)C)no2)C1. The summed E-state index contributed by atoms with van der Waals surface area (Å²) < 4.78 is 5.29. The van der Waals surface area contributed by atoms with E-state index in [9.17, 15) is 0 Å². The molecule has 4 nitrogen and oxygen atoms in total. The van der Waals surface area contributed by atoms with Crippen LogP contribution in [0.5, 0.6) is 0 Å². The Morgan fingerprint density at radius 1 is 1.47 bits per heavy atom. The average Bonchev–Trinajstić information content (AvgIpc) is 2.66. The van der Waals surface area contributed by atoms with Gasteiger partial charge in [0.25, 0.3) is 0 Å². The summed E-state index contributed by atoms with van der Waals surface area (Å²) in [4.78, 5) is 4.43. The summed E-state index contributed by atoms with van der Waals surface area (Å²) in [6.07, 6.45) is 2.33. The third-order valence-electron chi connectivity index (χ3n) is 2.94. The normalized spacial score (nSPS) is 27.2. The molecule has 1 aromatic rings. The first-order chi connectivity index (χ1) is 7.16. The molecule has 2 rings (SSSR count). The largest absolute Gasteiger partial charge is 0.338 e. The molecule has 1 aliphatic rings. The van der Waals surface area contributed by atoms with Gasteiger partial charge in [-0.2, -0.15) is 4.98 Å². The summed E-state index contributed by atoms with van der Waals surface area (Å²) in [5, 5.41) is 7.41. The van der Waals surface area contributed by atoms with Crippen molar-refractivity contribution in [2.75, 3.05) is 6.54 Å². The zero-order valence-electron chi connectivity index (χ0n) is 9.66. The quantitative estimate of drug-likeness (QED) is 0.811. The molecule has 1 fully saturated rings. The standard InChI is InChI=1S/C11H19N3O/c1-7(2)10-13-11(15-14-10)9-6-8(3)4-5-12-9/h7-9,12H,4-6H2,1-3H3. The molecule has 2 atom stereocenters. The summed E-state index contributed by atoms with van der Waals surface area (Å²) >= 11 is 0. The number of piperidine rings is 1. The first kappa shape index (κ1) is 10.6.